The van der Waals surface area contributed by atoms with Crippen LogP contribution >= 0.6 is 0 Å². The SMILES string of the molecule is Cc1cc(Nc2[nH]nc3ncc(F)cc23)nc(C23CC4CC(CC(C4)C2)C3)n1.[HH]. The molecule has 3 aromatic heterocycles. The molecule has 2 N–H and O–H groups in total. The number of rotatable bonds is 3. The van der Waals surface area contributed by atoms with Crippen LogP contribution in [0.2, 0.25) is 0 Å². The highest BCUT2D eigenvalue weighted by molar-refractivity contribution is 5.88. The number of aryl methyl sites for hydroxylation is 1. The number of nitrogens with zero attached hydrogens (tertiary/aromatic N) is 4. The van der Waals surface area contributed by atoms with Crippen molar-refractivity contribution in [1.29, 1.82) is 0 Å². The molecule has 0 saturated heterocycles. The Balaban J connectivity index is 0.00000181. The number of aromatic amines is 1. The molecule has 3 heterocycles. The molecule has 0 spiro atoms. The molecule has 0 aliphatic heterocycles. The summed E-state index contributed by atoms with van der Waals surface area (Å²) < 4.78 is 13.6. The first-order valence-electron chi connectivity index (χ1n) is 10.2. The molecular formula is C21H25FN6. The van der Waals surface area contributed by atoms with E-state index in [1.165, 1.54) is 50.8 Å². The summed E-state index contributed by atoms with van der Waals surface area (Å²) in [7, 11) is 0. The minimum Gasteiger partial charge on any atom is -0.325 e. The van der Waals surface area contributed by atoms with E-state index in [-0.39, 0.29) is 12.7 Å². The van der Waals surface area contributed by atoms with Crippen LogP contribution in [0.15, 0.2) is 18.3 Å². The molecule has 4 fully saturated rings. The standard InChI is InChI=1S/C21H23FN6.H2/c1-11-2-17(25-19-16-6-15(22)10-23-18(16)27-28-19)26-20(24-11)21-7-12-3-13(8-21)5-14(4-12)9-21;/h2,6,10,12-14H,3-5,7-9H2,1H3,(H2,23,24,25,26,27,28);1H. The van der Waals surface area contributed by atoms with Gasteiger partial charge in [-0.3, -0.25) is 5.10 Å². The lowest BCUT2D eigenvalue weighted by molar-refractivity contribution is -0.00940. The van der Waals surface area contributed by atoms with Gasteiger partial charge in [0.1, 0.15) is 23.3 Å². The van der Waals surface area contributed by atoms with Gasteiger partial charge in [0.25, 0.3) is 0 Å². The molecule has 0 radical (unpaired) electrons. The molecule has 0 aromatic carbocycles. The molecule has 0 amide bonds. The fourth-order valence-corrected chi connectivity index (χ4v) is 6.35. The van der Waals surface area contributed by atoms with E-state index in [4.69, 9.17) is 9.97 Å². The summed E-state index contributed by atoms with van der Waals surface area (Å²) in [6, 6.07) is 3.37. The van der Waals surface area contributed by atoms with Crippen LogP contribution in [0, 0.1) is 30.5 Å². The summed E-state index contributed by atoms with van der Waals surface area (Å²) in [6.45, 7) is 2.02. The smallest absolute Gasteiger partial charge is 0.183 e. The second kappa shape index (κ2) is 5.72. The average molecular weight is 380 g/mol. The van der Waals surface area contributed by atoms with Crippen LogP contribution in [0.4, 0.5) is 16.0 Å². The third-order valence-corrected chi connectivity index (χ3v) is 7.00. The number of H-pyrrole nitrogens is 1. The largest absolute Gasteiger partial charge is 0.325 e. The fraction of sp³-hybridized carbons (Fsp3) is 0.524. The highest BCUT2D eigenvalue weighted by Crippen LogP contribution is 2.60. The van der Waals surface area contributed by atoms with Gasteiger partial charge >= 0.3 is 0 Å². The van der Waals surface area contributed by atoms with Gasteiger partial charge in [-0.1, -0.05) is 0 Å². The molecule has 6 nitrogen and oxygen atoms in total. The minimum atomic E-state index is -0.384. The maximum absolute atomic E-state index is 13.6. The van der Waals surface area contributed by atoms with Crippen LogP contribution in [0.3, 0.4) is 0 Å². The van der Waals surface area contributed by atoms with Crippen LogP contribution in [0.5, 0.6) is 0 Å². The zero-order valence-electron chi connectivity index (χ0n) is 15.9. The average Bonchev–Trinajstić information content (AvgIpc) is 3.02. The van der Waals surface area contributed by atoms with E-state index in [9.17, 15) is 4.39 Å². The molecule has 0 unspecified atom stereocenters. The van der Waals surface area contributed by atoms with Crippen molar-refractivity contribution in [2.75, 3.05) is 5.32 Å². The van der Waals surface area contributed by atoms with Gasteiger partial charge < -0.3 is 5.32 Å². The van der Waals surface area contributed by atoms with E-state index in [1.807, 2.05) is 13.0 Å². The molecular weight excluding hydrogens is 355 g/mol. The lowest BCUT2D eigenvalue weighted by Gasteiger charge is -2.56. The molecule has 4 saturated carbocycles. The lowest BCUT2D eigenvalue weighted by atomic mass is 9.49. The van der Waals surface area contributed by atoms with E-state index in [0.29, 0.717) is 16.9 Å². The number of hydrogen-bond acceptors (Lipinski definition) is 5. The van der Waals surface area contributed by atoms with Crippen molar-refractivity contribution in [3.63, 3.8) is 0 Å². The predicted molar refractivity (Wildman–Crippen MR) is 106 cm³/mol. The molecule has 0 atom stereocenters. The van der Waals surface area contributed by atoms with Crippen molar-refractivity contribution in [3.8, 4) is 0 Å². The van der Waals surface area contributed by atoms with Gasteiger partial charge in [-0.2, -0.15) is 5.10 Å². The lowest BCUT2D eigenvalue weighted by Crippen LogP contribution is -2.49. The van der Waals surface area contributed by atoms with Gasteiger partial charge in [0, 0.05) is 18.6 Å². The maximum Gasteiger partial charge on any atom is 0.183 e. The Bertz CT molecular complexity index is 1040. The van der Waals surface area contributed by atoms with E-state index < -0.39 is 0 Å². The summed E-state index contributed by atoms with van der Waals surface area (Å²) in [5, 5.41) is 11.0. The number of anilines is 2. The first-order chi connectivity index (χ1) is 13.6. The second-order valence-corrected chi connectivity index (χ2v) is 9.16. The zero-order chi connectivity index (χ0) is 18.9. The topological polar surface area (TPSA) is 79.4 Å². The number of aromatic nitrogens is 5. The highest BCUT2D eigenvalue weighted by atomic mass is 19.1. The summed E-state index contributed by atoms with van der Waals surface area (Å²) >= 11 is 0. The molecule has 3 aromatic rings. The van der Waals surface area contributed by atoms with Gasteiger partial charge in [0.05, 0.1) is 11.6 Å². The Morgan fingerprint density at radius 1 is 1.11 bits per heavy atom. The summed E-state index contributed by atoms with van der Waals surface area (Å²) in [6.07, 6.45) is 9.05. The highest BCUT2D eigenvalue weighted by Gasteiger charge is 2.53. The quantitative estimate of drug-likeness (QED) is 0.691. The third kappa shape index (κ3) is 2.52. The molecule has 28 heavy (non-hydrogen) atoms. The number of halogens is 1. The molecule has 7 heteroatoms. The van der Waals surface area contributed by atoms with Crippen LogP contribution in [-0.2, 0) is 5.41 Å². The van der Waals surface area contributed by atoms with Gasteiger partial charge in [-0.15, -0.1) is 0 Å². The zero-order valence-corrected chi connectivity index (χ0v) is 15.9. The Hall–Kier alpha value is -2.57. The molecule has 4 aliphatic rings. The normalized spacial score (nSPS) is 30.9. The van der Waals surface area contributed by atoms with Crippen molar-refractivity contribution in [3.05, 3.63) is 35.7 Å². The Kier molecular flexibility index (Phi) is 3.35. The Morgan fingerprint density at radius 3 is 2.54 bits per heavy atom. The second-order valence-electron chi connectivity index (χ2n) is 9.16. The number of hydrogen-bond donors (Lipinski definition) is 2. The molecule has 146 valence electrons. The third-order valence-electron chi connectivity index (χ3n) is 7.00. The van der Waals surface area contributed by atoms with Gasteiger partial charge in [0.2, 0.25) is 0 Å². The van der Waals surface area contributed by atoms with Crippen LogP contribution in [0.1, 0.15) is 51.5 Å². The molecule has 4 bridgehead atoms. The fourth-order valence-electron chi connectivity index (χ4n) is 6.35. The summed E-state index contributed by atoms with van der Waals surface area (Å²) in [5.74, 6) is 4.48. The molecule has 7 rings (SSSR count). The predicted octanol–water partition coefficient (Wildman–Crippen LogP) is 4.65. The van der Waals surface area contributed by atoms with Gasteiger partial charge in [0.15, 0.2) is 5.65 Å². The number of fused-ring (bicyclic) bond motifs is 1. The number of nitrogens with one attached hydrogen (secondary N) is 2. The van der Waals surface area contributed by atoms with Crippen molar-refractivity contribution in [2.45, 2.75) is 50.9 Å². The van der Waals surface area contributed by atoms with E-state index in [0.717, 1.165) is 35.1 Å². The maximum atomic E-state index is 13.6. The number of pyridine rings is 1. The first-order valence-corrected chi connectivity index (χ1v) is 10.2. The van der Waals surface area contributed by atoms with Crippen LogP contribution < -0.4 is 5.32 Å². The minimum absolute atomic E-state index is 0. The van der Waals surface area contributed by atoms with Gasteiger partial charge in [-0.25, -0.2) is 19.3 Å². The summed E-state index contributed by atoms with van der Waals surface area (Å²) in [5.41, 5.74) is 1.58. The monoisotopic (exact) mass is 380 g/mol. The van der Waals surface area contributed by atoms with Crippen LogP contribution in [-0.4, -0.2) is 25.1 Å². The first kappa shape index (κ1) is 16.4. The van der Waals surface area contributed by atoms with E-state index in [2.05, 4.69) is 20.5 Å². The van der Waals surface area contributed by atoms with Gasteiger partial charge in [-0.05, 0) is 69.3 Å². The van der Waals surface area contributed by atoms with E-state index in [1.54, 1.807) is 0 Å². The van der Waals surface area contributed by atoms with E-state index >= 15 is 0 Å². The summed E-state index contributed by atoms with van der Waals surface area (Å²) in [4.78, 5) is 13.8. The Labute approximate surface area is 163 Å². The Morgan fingerprint density at radius 2 is 1.82 bits per heavy atom. The van der Waals surface area contributed by atoms with Crippen molar-refractivity contribution < 1.29 is 5.82 Å². The van der Waals surface area contributed by atoms with Crippen molar-refractivity contribution >= 4 is 22.7 Å². The van der Waals surface area contributed by atoms with Crippen molar-refractivity contribution in [2.24, 2.45) is 17.8 Å². The van der Waals surface area contributed by atoms with Crippen LogP contribution in [0.25, 0.3) is 11.0 Å². The molecule has 4 aliphatic carbocycles. The van der Waals surface area contributed by atoms with Crippen molar-refractivity contribution in [1.82, 2.24) is 25.1 Å².